The average molecular weight is 292 g/mol. The van der Waals surface area contributed by atoms with E-state index in [2.05, 4.69) is 41.5 Å². The van der Waals surface area contributed by atoms with Crippen LogP contribution >= 0.6 is 7.60 Å². The molecular weight excluding hydrogens is 259 g/mol. The molecule has 0 aliphatic rings. The quantitative estimate of drug-likeness (QED) is 0.481. The van der Waals surface area contributed by atoms with Crippen molar-refractivity contribution in [2.45, 2.75) is 60.8 Å². The maximum absolute atomic E-state index is 12.6. The van der Waals surface area contributed by atoms with Gasteiger partial charge in [0, 0.05) is 0 Å². The maximum Gasteiger partial charge on any atom is 0.330 e. The zero-order valence-electron chi connectivity index (χ0n) is 13.6. The molecule has 3 nitrogen and oxygen atoms in total. The van der Waals surface area contributed by atoms with Gasteiger partial charge in [0.1, 0.15) is 0 Å². The van der Waals surface area contributed by atoms with E-state index in [0.717, 1.165) is 19.3 Å². The molecule has 0 rings (SSSR count). The first-order valence-corrected chi connectivity index (χ1v) is 9.36. The Morgan fingerprint density at radius 3 is 1.42 bits per heavy atom. The van der Waals surface area contributed by atoms with Gasteiger partial charge in [-0.05, 0) is 37.0 Å². The molecule has 0 heterocycles. The van der Waals surface area contributed by atoms with Gasteiger partial charge in [0.05, 0.1) is 19.4 Å². The smallest absolute Gasteiger partial charge is 0.309 e. The highest BCUT2D eigenvalue weighted by Crippen LogP contribution is 2.49. The van der Waals surface area contributed by atoms with Crippen molar-refractivity contribution in [2.24, 2.45) is 17.8 Å². The zero-order chi connectivity index (χ0) is 14.9. The summed E-state index contributed by atoms with van der Waals surface area (Å²) in [5.41, 5.74) is 0. The van der Waals surface area contributed by atoms with Crippen molar-refractivity contribution in [3.8, 4) is 0 Å². The molecule has 0 aromatic rings. The molecule has 0 aliphatic carbocycles. The lowest BCUT2D eigenvalue weighted by molar-refractivity contribution is 0.188. The van der Waals surface area contributed by atoms with E-state index >= 15 is 0 Å². The Bertz CT molecular complexity index is 244. The van der Waals surface area contributed by atoms with Crippen LogP contribution in [0.15, 0.2) is 0 Å². The third kappa shape index (κ3) is 11.7. The molecule has 0 aromatic heterocycles. The third-order valence-electron chi connectivity index (χ3n) is 2.95. The fraction of sp³-hybridized carbons (Fsp3) is 1.00. The molecule has 0 saturated carbocycles. The van der Waals surface area contributed by atoms with Gasteiger partial charge in [0.2, 0.25) is 0 Å². The number of rotatable bonds is 11. The van der Waals surface area contributed by atoms with Crippen LogP contribution in [0.4, 0.5) is 0 Å². The zero-order valence-corrected chi connectivity index (χ0v) is 14.5. The first kappa shape index (κ1) is 19.1. The first-order valence-electron chi connectivity index (χ1n) is 7.63. The summed E-state index contributed by atoms with van der Waals surface area (Å²) in [6.45, 7) is 13.9. The lowest BCUT2D eigenvalue weighted by Gasteiger charge is -2.20. The lowest BCUT2D eigenvalue weighted by Crippen LogP contribution is -2.07. The highest BCUT2D eigenvalue weighted by Gasteiger charge is 2.24. The Hall–Kier alpha value is 0.150. The fourth-order valence-corrected chi connectivity index (χ4v) is 3.37. The average Bonchev–Trinajstić information content (AvgIpc) is 2.25. The Labute approximate surface area is 120 Å². The summed E-state index contributed by atoms with van der Waals surface area (Å²) in [5, 5.41) is 0. The van der Waals surface area contributed by atoms with Crippen LogP contribution in [-0.4, -0.2) is 19.4 Å². The molecule has 0 spiro atoms. The second-order valence-electron chi connectivity index (χ2n) is 6.55. The second kappa shape index (κ2) is 9.96. The minimum Gasteiger partial charge on any atom is -0.309 e. The molecule has 0 unspecified atom stereocenters. The Balaban J connectivity index is 4.23. The van der Waals surface area contributed by atoms with Crippen molar-refractivity contribution < 1.29 is 13.6 Å². The number of hydrogen-bond donors (Lipinski definition) is 0. The Morgan fingerprint density at radius 2 is 1.11 bits per heavy atom. The van der Waals surface area contributed by atoms with E-state index < -0.39 is 7.60 Å². The highest BCUT2D eigenvalue weighted by atomic mass is 31.2. The van der Waals surface area contributed by atoms with Crippen molar-refractivity contribution in [1.82, 2.24) is 0 Å². The van der Waals surface area contributed by atoms with Crippen LogP contribution in [0.3, 0.4) is 0 Å². The molecule has 0 atom stereocenters. The second-order valence-corrected chi connectivity index (χ2v) is 8.73. The van der Waals surface area contributed by atoms with Crippen LogP contribution in [0, 0.1) is 17.8 Å². The molecule has 0 saturated heterocycles. The van der Waals surface area contributed by atoms with Crippen molar-refractivity contribution in [1.29, 1.82) is 0 Å². The lowest BCUT2D eigenvalue weighted by atomic mass is 10.2. The van der Waals surface area contributed by atoms with E-state index in [1.807, 2.05) is 0 Å². The molecule has 0 amide bonds. The molecule has 4 heteroatoms. The largest absolute Gasteiger partial charge is 0.330 e. The minimum absolute atomic E-state index is 0.524. The van der Waals surface area contributed by atoms with Gasteiger partial charge >= 0.3 is 7.60 Å². The van der Waals surface area contributed by atoms with Gasteiger partial charge in [0.25, 0.3) is 0 Å². The monoisotopic (exact) mass is 292 g/mol. The Kier molecular flexibility index (Phi) is 10.0. The van der Waals surface area contributed by atoms with Crippen LogP contribution in [0.1, 0.15) is 60.8 Å². The molecular formula is C15H33O3P. The predicted molar refractivity (Wildman–Crippen MR) is 82.7 cm³/mol. The van der Waals surface area contributed by atoms with Gasteiger partial charge in [-0.1, -0.05) is 41.5 Å². The normalized spacial score (nSPS) is 12.9. The molecule has 0 radical (unpaired) electrons. The molecule has 0 fully saturated rings. The van der Waals surface area contributed by atoms with Crippen LogP contribution in [0.2, 0.25) is 0 Å². The third-order valence-corrected chi connectivity index (χ3v) is 4.90. The topological polar surface area (TPSA) is 35.5 Å². The molecule has 0 aromatic carbocycles. The van der Waals surface area contributed by atoms with E-state index in [-0.39, 0.29) is 0 Å². The standard InChI is InChI=1S/C15H33O3P/c1-13(2)7-10-17-19(16,12-9-15(5)6)18-11-8-14(3)4/h13-15H,7-12H2,1-6H3. The highest BCUT2D eigenvalue weighted by molar-refractivity contribution is 7.53. The number of hydrogen-bond acceptors (Lipinski definition) is 3. The van der Waals surface area contributed by atoms with E-state index in [4.69, 9.17) is 9.05 Å². The van der Waals surface area contributed by atoms with Gasteiger partial charge < -0.3 is 9.05 Å². The summed E-state index contributed by atoms with van der Waals surface area (Å²) >= 11 is 0. The van der Waals surface area contributed by atoms with E-state index in [1.165, 1.54) is 0 Å². The van der Waals surface area contributed by atoms with Gasteiger partial charge in [-0.25, -0.2) is 0 Å². The SMILES string of the molecule is CC(C)CCOP(=O)(CCC(C)C)OCCC(C)C. The van der Waals surface area contributed by atoms with Crippen LogP contribution in [0.25, 0.3) is 0 Å². The Morgan fingerprint density at radius 1 is 0.737 bits per heavy atom. The van der Waals surface area contributed by atoms with Gasteiger partial charge in [0.15, 0.2) is 0 Å². The summed E-state index contributed by atoms with van der Waals surface area (Å²) in [7, 11) is -2.89. The fourth-order valence-electron chi connectivity index (χ4n) is 1.44. The maximum atomic E-state index is 12.6. The summed E-state index contributed by atoms with van der Waals surface area (Å²) in [6, 6.07) is 0. The van der Waals surface area contributed by atoms with Gasteiger partial charge in [-0.2, -0.15) is 0 Å². The van der Waals surface area contributed by atoms with Crippen molar-refractivity contribution in [3.63, 3.8) is 0 Å². The van der Waals surface area contributed by atoms with E-state index in [9.17, 15) is 4.57 Å². The van der Waals surface area contributed by atoms with E-state index in [1.54, 1.807) is 0 Å². The molecule has 0 aliphatic heterocycles. The van der Waals surface area contributed by atoms with Crippen LogP contribution in [0.5, 0.6) is 0 Å². The van der Waals surface area contributed by atoms with Crippen LogP contribution < -0.4 is 0 Å². The summed E-state index contributed by atoms with van der Waals surface area (Å²) in [6.07, 6.45) is 3.29. The summed E-state index contributed by atoms with van der Waals surface area (Å²) in [5.74, 6) is 1.65. The van der Waals surface area contributed by atoms with Crippen molar-refractivity contribution in [2.75, 3.05) is 19.4 Å². The van der Waals surface area contributed by atoms with Crippen LogP contribution in [-0.2, 0) is 13.6 Å². The van der Waals surface area contributed by atoms with Crippen molar-refractivity contribution >= 4 is 7.60 Å². The molecule has 0 bridgehead atoms. The van der Waals surface area contributed by atoms with Gasteiger partial charge in [-0.3, -0.25) is 4.57 Å². The minimum atomic E-state index is -2.89. The van der Waals surface area contributed by atoms with Crippen molar-refractivity contribution in [3.05, 3.63) is 0 Å². The predicted octanol–water partition coefficient (Wildman–Crippen LogP) is 5.35. The molecule has 0 N–H and O–H groups in total. The van der Waals surface area contributed by atoms with E-state index in [0.29, 0.717) is 37.1 Å². The molecule has 116 valence electrons. The first-order chi connectivity index (χ1) is 8.75. The summed E-state index contributed by atoms with van der Waals surface area (Å²) in [4.78, 5) is 0. The molecule has 19 heavy (non-hydrogen) atoms. The summed E-state index contributed by atoms with van der Waals surface area (Å²) < 4.78 is 23.8. The van der Waals surface area contributed by atoms with Gasteiger partial charge in [-0.15, -0.1) is 0 Å².